The van der Waals surface area contributed by atoms with Crippen LogP contribution in [0.2, 0.25) is 0 Å². The topological polar surface area (TPSA) is 52.1 Å². The number of aromatic nitrogens is 2. The number of esters is 1. The zero-order chi connectivity index (χ0) is 26.3. The Bertz CT molecular complexity index is 1040. The van der Waals surface area contributed by atoms with Crippen molar-refractivity contribution in [2.75, 3.05) is 0 Å². The van der Waals surface area contributed by atoms with Crippen LogP contribution in [0.15, 0.2) is 60.9 Å². The molecule has 0 saturated heterocycles. The number of ether oxygens (including phenoxy) is 1. The summed E-state index contributed by atoms with van der Waals surface area (Å²) in [5, 5.41) is 0. The highest BCUT2D eigenvalue weighted by Crippen LogP contribution is 2.26. The molecule has 4 nitrogen and oxygen atoms in total. The van der Waals surface area contributed by atoms with Gasteiger partial charge in [0, 0.05) is 12.4 Å². The molecule has 37 heavy (non-hydrogen) atoms. The first-order valence-electron chi connectivity index (χ1n) is 14.4. The van der Waals surface area contributed by atoms with Crippen LogP contribution in [0.3, 0.4) is 0 Å². The smallest absolute Gasteiger partial charge is 0.376 e. The van der Waals surface area contributed by atoms with E-state index in [9.17, 15) is 4.79 Å². The van der Waals surface area contributed by atoms with Crippen LogP contribution in [0.5, 0.6) is 0 Å². The fourth-order valence-corrected chi connectivity index (χ4v) is 4.60. The van der Waals surface area contributed by atoms with Gasteiger partial charge in [0.15, 0.2) is 0 Å². The molecule has 1 atom stereocenters. The van der Waals surface area contributed by atoms with Gasteiger partial charge in [0.25, 0.3) is 0 Å². The highest BCUT2D eigenvalue weighted by Gasteiger charge is 2.18. The minimum absolute atomic E-state index is 0.125. The molecule has 198 valence electrons. The molecule has 1 aromatic heterocycles. The third-order valence-corrected chi connectivity index (χ3v) is 6.97. The summed E-state index contributed by atoms with van der Waals surface area (Å²) in [4.78, 5) is 21.3. The highest BCUT2D eigenvalue weighted by molar-refractivity contribution is 5.85. The molecule has 0 fully saturated rings. The molecule has 0 spiro atoms. The van der Waals surface area contributed by atoms with Crippen LogP contribution in [0.1, 0.15) is 118 Å². The van der Waals surface area contributed by atoms with Crippen molar-refractivity contribution in [3.63, 3.8) is 0 Å². The Morgan fingerprint density at radius 1 is 0.676 bits per heavy atom. The predicted molar refractivity (Wildman–Crippen MR) is 153 cm³/mol. The molecule has 1 heterocycles. The van der Waals surface area contributed by atoms with Crippen molar-refractivity contribution in [1.29, 1.82) is 0 Å². The maximum Gasteiger partial charge on any atom is 0.376 e. The Morgan fingerprint density at radius 3 is 1.76 bits per heavy atom. The summed E-state index contributed by atoms with van der Waals surface area (Å²) in [6.07, 6.45) is 17.3. The number of hydrogen-bond acceptors (Lipinski definition) is 4. The number of benzene rings is 2. The Hall–Kier alpha value is -3.01. The molecule has 3 rings (SSSR count). The van der Waals surface area contributed by atoms with Crippen LogP contribution in [0.4, 0.5) is 0 Å². The van der Waals surface area contributed by atoms with Crippen molar-refractivity contribution < 1.29 is 9.53 Å². The van der Waals surface area contributed by atoms with E-state index in [0.717, 1.165) is 36.0 Å². The van der Waals surface area contributed by atoms with Gasteiger partial charge in [-0.1, -0.05) is 114 Å². The maximum atomic E-state index is 12.7. The third-order valence-electron chi connectivity index (χ3n) is 6.97. The quantitative estimate of drug-likeness (QED) is 0.145. The normalized spacial score (nSPS) is 11.9. The summed E-state index contributed by atoms with van der Waals surface area (Å²) in [6.45, 7) is 6.49. The van der Waals surface area contributed by atoms with Crippen molar-refractivity contribution >= 4 is 5.97 Å². The Labute approximate surface area is 223 Å². The van der Waals surface area contributed by atoms with Crippen LogP contribution in [0.25, 0.3) is 11.1 Å². The number of nitrogens with zero attached hydrogens (tertiary/aromatic N) is 2. The maximum absolute atomic E-state index is 12.7. The Morgan fingerprint density at radius 2 is 1.19 bits per heavy atom. The van der Waals surface area contributed by atoms with E-state index in [1.165, 1.54) is 62.5 Å². The van der Waals surface area contributed by atoms with Crippen molar-refractivity contribution in [1.82, 2.24) is 9.97 Å². The van der Waals surface area contributed by atoms with Crippen molar-refractivity contribution in [3.05, 3.63) is 83.4 Å². The van der Waals surface area contributed by atoms with E-state index in [-0.39, 0.29) is 11.9 Å². The van der Waals surface area contributed by atoms with Crippen molar-refractivity contribution in [2.24, 2.45) is 0 Å². The molecule has 0 aliphatic heterocycles. The van der Waals surface area contributed by atoms with E-state index in [4.69, 9.17) is 4.74 Å². The summed E-state index contributed by atoms with van der Waals surface area (Å²) in [5.74, 6) is -0.348. The molecule has 0 amide bonds. The first-order valence-corrected chi connectivity index (χ1v) is 14.4. The summed E-state index contributed by atoms with van der Waals surface area (Å²) in [7, 11) is 0. The number of carbonyl (C=O) groups excluding carboxylic acids is 1. The van der Waals surface area contributed by atoms with Gasteiger partial charge in [-0.3, -0.25) is 0 Å². The molecular formula is C33H44N2O2. The van der Waals surface area contributed by atoms with E-state index < -0.39 is 5.97 Å². The number of unbranched alkanes of at least 4 members (excludes halogenated alkanes) is 7. The second kappa shape index (κ2) is 16.0. The van der Waals surface area contributed by atoms with E-state index in [0.29, 0.717) is 6.42 Å². The van der Waals surface area contributed by atoms with Gasteiger partial charge in [-0.25, -0.2) is 14.8 Å². The van der Waals surface area contributed by atoms with Crippen LogP contribution in [-0.2, 0) is 17.6 Å². The molecule has 0 radical (unpaired) electrons. The monoisotopic (exact) mass is 500 g/mol. The molecule has 0 aliphatic rings. The third kappa shape index (κ3) is 9.42. The van der Waals surface area contributed by atoms with Crippen molar-refractivity contribution in [2.45, 2.75) is 104 Å². The lowest BCUT2D eigenvalue weighted by molar-refractivity contribution is 0.0273. The van der Waals surface area contributed by atoms with Gasteiger partial charge in [-0.05, 0) is 59.9 Å². The van der Waals surface area contributed by atoms with Gasteiger partial charge < -0.3 is 4.74 Å². The van der Waals surface area contributed by atoms with E-state index in [1.54, 1.807) is 12.4 Å². The van der Waals surface area contributed by atoms with Gasteiger partial charge >= 0.3 is 5.97 Å². The minimum atomic E-state index is -0.472. The van der Waals surface area contributed by atoms with Crippen LogP contribution < -0.4 is 0 Å². The van der Waals surface area contributed by atoms with Gasteiger partial charge in [0.1, 0.15) is 6.10 Å². The Kier molecular flexibility index (Phi) is 12.3. The number of carbonyl (C=O) groups is 1. The van der Waals surface area contributed by atoms with E-state index in [2.05, 4.69) is 72.3 Å². The lowest BCUT2D eigenvalue weighted by atomic mass is 9.99. The zero-order valence-electron chi connectivity index (χ0n) is 23.0. The van der Waals surface area contributed by atoms with Gasteiger partial charge in [-0.15, -0.1) is 0 Å². The zero-order valence-corrected chi connectivity index (χ0v) is 23.0. The summed E-state index contributed by atoms with van der Waals surface area (Å²) < 4.78 is 5.79. The van der Waals surface area contributed by atoms with Crippen LogP contribution >= 0.6 is 0 Å². The van der Waals surface area contributed by atoms with Crippen LogP contribution in [0, 0.1) is 0 Å². The molecule has 0 saturated carbocycles. The molecule has 0 aliphatic carbocycles. The lowest BCUT2D eigenvalue weighted by Gasteiger charge is -2.16. The summed E-state index contributed by atoms with van der Waals surface area (Å²) in [6, 6.07) is 17.2. The van der Waals surface area contributed by atoms with Gasteiger partial charge in [-0.2, -0.15) is 0 Å². The molecule has 3 aromatic rings. The molecular weight excluding hydrogens is 456 g/mol. The lowest BCUT2D eigenvalue weighted by Crippen LogP contribution is -2.14. The first-order chi connectivity index (χ1) is 18.1. The fourth-order valence-electron chi connectivity index (χ4n) is 4.60. The largest absolute Gasteiger partial charge is 0.452 e. The molecule has 1 unspecified atom stereocenters. The SMILES string of the molecule is CCCCCCCc1cnc(C(=O)OC(CC)c2ccc(-c3ccc(CCCCCC)cc3)cc2)nc1. The highest BCUT2D eigenvalue weighted by atomic mass is 16.5. The number of hydrogen-bond donors (Lipinski definition) is 0. The average Bonchev–Trinajstić information content (AvgIpc) is 2.94. The number of rotatable bonds is 16. The molecule has 0 bridgehead atoms. The predicted octanol–water partition coefficient (Wildman–Crippen LogP) is 9.09. The van der Waals surface area contributed by atoms with Crippen LogP contribution in [-0.4, -0.2) is 15.9 Å². The van der Waals surface area contributed by atoms with Crippen molar-refractivity contribution in [3.8, 4) is 11.1 Å². The number of aryl methyl sites for hydroxylation is 2. The average molecular weight is 501 g/mol. The van der Waals surface area contributed by atoms with E-state index in [1.807, 2.05) is 6.92 Å². The molecule has 0 N–H and O–H groups in total. The van der Waals surface area contributed by atoms with E-state index >= 15 is 0 Å². The van der Waals surface area contributed by atoms with Gasteiger partial charge in [0.2, 0.25) is 5.82 Å². The molecule has 4 heteroatoms. The first kappa shape index (κ1) is 28.6. The fraction of sp³-hybridized carbons (Fsp3) is 0.485. The minimum Gasteiger partial charge on any atom is -0.452 e. The standard InChI is InChI=1S/C33H44N2O2/c1-4-7-9-11-13-15-27-24-34-32(35-25-27)33(36)37-31(6-3)30-22-20-29(21-23-30)28-18-16-26(17-19-28)14-12-10-8-5-2/h16-25,31H,4-15H2,1-3H3. The van der Waals surface area contributed by atoms with Gasteiger partial charge in [0.05, 0.1) is 0 Å². The summed E-state index contributed by atoms with van der Waals surface area (Å²) in [5.41, 5.74) is 5.82. The molecule has 2 aromatic carbocycles. The Balaban J connectivity index is 1.53. The second-order valence-electron chi connectivity index (χ2n) is 10.0. The summed E-state index contributed by atoms with van der Waals surface area (Å²) >= 11 is 0. The second-order valence-corrected chi connectivity index (χ2v) is 10.0.